The molecule has 0 spiro atoms. The number of anilines is 1. The van der Waals surface area contributed by atoms with Gasteiger partial charge in [-0.25, -0.2) is 0 Å². The van der Waals surface area contributed by atoms with Gasteiger partial charge in [-0.2, -0.15) is 0 Å². The van der Waals surface area contributed by atoms with Crippen molar-refractivity contribution in [3.05, 3.63) is 93.8 Å². The number of para-hydroxylation sites is 1. The van der Waals surface area contributed by atoms with Crippen LogP contribution >= 0.6 is 0 Å². The number of rotatable bonds is 8. The maximum absolute atomic E-state index is 13.7. The number of H-pyrrole nitrogens is 1. The number of methoxy groups -OCH3 is 2. The fraction of sp³-hybridized carbons (Fsp3) is 0.214. The number of hydrogen-bond acceptors (Lipinski definition) is 5. The lowest BCUT2D eigenvalue weighted by Crippen LogP contribution is -2.33. The van der Waals surface area contributed by atoms with Crippen molar-refractivity contribution in [2.45, 2.75) is 20.4 Å². The zero-order chi connectivity index (χ0) is 24.9. The van der Waals surface area contributed by atoms with Crippen molar-refractivity contribution in [1.29, 1.82) is 0 Å². The highest BCUT2D eigenvalue weighted by atomic mass is 16.5. The summed E-state index contributed by atoms with van der Waals surface area (Å²) >= 11 is 0. The summed E-state index contributed by atoms with van der Waals surface area (Å²) in [7, 11) is 3.06. The number of aryl methyl sites for hydroxylation is 1. The smallest absolute Gasteiger partial charge is 0.258 e. The monoisotopic (exact) mass is 472 g/mol. The van der Waals surface area contributed by atoms with Crippen molar-refractivity contribution in [3.8, 4) is 17.2 Å². The van der Waals surface area contributed by atoms with Gasteiger partial charge >= 0.3 is 0 Å². The Morgan fingerprint density at radius 3 is 2.37 bits per heavy atom. The number of benzene rings is 3. The number of aromatic amines is 1. The molecule has 0 aliphatic heterocycles. The van der Waals surface area contributed by atoms with Gasteiger partial charge in [0, 0.05) is 16.8 Å². The Morgan fingerprint density at radius 1 is 0.943 bits per heavy atom. The van der Waals surface area contributed by atoms with Crippen LogP contribution in [0.25, 0.3) is 10.9 Å². The van der Waals surface area contributed by atoms with Crippen LogP contribution in [0.3, 0.4) is 0 Å². The third kappa shape index (κ3) is 4.99. The Balaban J connectivity index is 1.78. The summed E-state index contributed by atoms with van der Waals surface area (Å²) in [5.74, 6) is 1.40. The molecular weight excluding hydrogens is 444 g/mol. The van der Waals surface area contributed by atoms with Gasteiger partial charge in [-0.1, -0.05) is 18.2 Å². The SMILES string of the molecule is CCOc1ccc(N(Cc2cc3cccc(C)c3[nH]c2=O)C(=O)c2ccc(OC)c(OC)c2)cc1. The van der Waals surface area contributed by atoms with Crippen molar-refractivity contribution in [2.75, 3.05) is 25.7 Å². The zero-order valence-corrected chi connectivity index (χ0v) is 20.3. The summed E-state index contributed by atoms with van der Waals surface area (Å²) in [5, 5.41) is 0.907. The number of aromatic nitrogens is 1. The van der Waals surface area contributed by atoms with Crippen LogP contribution in [-0.2, 0) is 6.54 Å². The van der Waals surface area contributed by atoms with E-state index in [9.17, 15) is 9.59 Å². The lowest BCUT2D eigenvalue weighted by atomic mass is 10.1. The molecule has 1 N–H and O–H groups in total. The maximum Gasteiger partial charge on any atom is 0.258 e. The predicted molar refractivity (Wildman–Crippen MR) is 137 cm³/mol. The number of fused-ring (bicyclic) bond motifs is 1. The third-order valence-electron chi connectivity index (χ3n) is 5.83. The first kappa shape index (κ1) is 23.9. The Bertz CT molecular complexity index is 1410. The molecule has 1 amide bonds. The lowest BCUT2D eigenvalue weighted by molar-refractivity contribution is 0.0984. The normalized spacial score (nSPS) is 10.7. The number of carbonyl (C=O) groups is 1. The Labute approximate surface area is 203 Å². The number of hydrogen-bond donors (Lipinski definition) is 1. The standard InChI is InChI=1S/C28H28N2O5/c1-5-35-23-12-10-22(11-13-23)30(28(32)20-9-14-24(33-3)25(16-20)34-4)17-21-15-19-8-6-7-18(2)26(19)29-27(21)31/h6-16H,5,17H2,1-4H3,(H,29,31). The first-order valence-electron chi connectivity index (χ1n) is 11.3. The Kier molecular flexibility index (Phi) is 7.06. The molecule has 1 aromatic heterocycles. The van der Waals surface area contributed by atoms with E-state index in [0.717, 1.165) is 16.5 Å². The molecule has 180 valence electrons. The third-order valence-corrected chi connectivity index (χ3v) is 5.83. The number of amides is 1. The highest BCUT2D eigenvalue weighted by Gasteiger charge is 2.22. The van der Waals surface area contributed by atoms with Crippen molar-refractivity contribution in [1.82, 2.24) is 4.98 Å². The zero-order valence-electron chi connectivity index (χ0n) is 20.3. The molecule has 4 rings (SSSR count). The molecule has 0 aliphatic rings. The predicted octanol–water partition coefficient (Wildman–Crippen LogP) is 5.10. The first-order chi connectivity index (χ1) is 16.9. The molecular formula is C28H28N2O5. The van der Waals surface area contributed by atoms with Crippen LogP contribution in [0.1, 0.15) is 28.4 Å². The van der Waals surface area contributed by atoms with Crippen molar-refractivity contribution in [2.24, 2.45) is 0 Å². The van der Waals surface area contributed by atoms with Gasteiger partial charge in [0.1, 0.15) is 5.75 Å². The van der Waals surface area contributed by atoms with E-state index in [0.29, 0.717) is 40.7 Å². The van der Waals surface area contributed by atoms with Crippen LogP contribution in [0.15, 0.2) is 71.5 Å². The second-order valence-corrected chi connectivity index (χ2v) is 8.05. The molecule has 0 fully saturated rings. The first-order valence-corrected chi connectivity index (χ1v) is 11.3. The molecule has 1 heterocycles. The summed E-state index contributed by atoms with van der Waals surface area (Å²) in [6.07, 6.45) is 0. The molecule has 3 aromatic carbocycles. The quantitative estimate of drug-likeness (QED) is 0.386. The Hall–Kier alpha value is -4.26. The van der Waals surface area contributed by atoms with Crippen molar-refractivity contribution >= 4 is 22.5 Å². The van der Waals surface area contributed by atoms with E-state index in [-0.39, 0.29) is 18.0 Å². The van der Waals surface area contributed by atoms with Crippen LogP contribution in [0.2, 0.25) is 0 Å². The van der Waals surface area contributed by atoms with Gasteiger partial charge in [-0.3, -0.25) is 9.59 Å². The fourth-order valence-electron chi connectivity index (χ4n) is 4.01. The van der Waals surface area contributed by atoms with E-state index in [1.54, 1.807) is 30.2 Å². The second kappa shape index (κ2) is 10.3. The van der Waals surface area contributed by atoms with Gasteiger partial charge in [-0.05, 0) is 73.3 Å². The Morgan fingerprint density at radius 2 is 1.69 bits per heavy atom. The summed E-state index contributed by atoms with van der Waals surface area (Å²) in [5.41, 5.74) is 3.06. The molecule has 7 nitrogen and oxygen atoms in total. The van der Waals surface area contributed by atoms with Gasteiger partial charge < -0.3 is 24.1 Å². The van der Waals surface area contributed by atoms with Gasteiger partial charge in [0.15, 0.2) is 11.5 Å². The van der Waals surface area contributed by atoms with Gasteiger partial charge in [0.25, 0.3) is 11.5 Å². The molecule has 4 aromatic rings. The van der Waals surface area contributed by atoms with Crippen molar-refractivity contribution < 1.29 is 19.0 Å². The van der Waals surface area contributed by atoms with E-state index in [4.69, 9.17) is 14.2 Å². The van der Waals surface area contributed by atoms with E-state index in [2.05, 4.69) is 4.98 Å². The fourth-order valence-corrected chi connectivity index (χ4v) is 4.01. The van der Waals surface area contributed by atoms with Crippen LogP contribution in [0.5, 0.6) is 17.2 Å². The molecule has 0 bridgehead atoms. The molecule has 0 aliphatic carbocycles. The van der Waals surface area contributed by atoms with Gasteiger partial charge in [0.05, 0.1) is 32.9 Å². The summed E-state index contributed by atoms with van der Waals surface area (Å²) < 4.78 is 16.2. The molecule has 0 unspecified atom stereocenters. The minimum Gasteiger partial charge on any atom is -0.494 e. The second-order valence-electron chi connectivity index (χ2n) is 8.05. The number of carbonyl (C=O) groups excluding carboxylic acids is 1. The number of nitrogens with zero attached hydrogens (tertiary/aromatic N) is 1. The minimum absolute atomic E-state index is 0.0837. The number of ether oxygens (including phenoxy) is 3. The average Bonchev–Trinajstić information content (AvgIpc) is 2.88. The van der Waals surface area contributed by atoms with Crippen molar-refractivity contribution in [3.63, 3.8) is 0 Å². The van der Waals surface area contributed by atoms with Crippen LogP contribution in [-0.4, -0.2) is 31.7 Å². The highest BCUT2D eigenvalue weighted by molar-refractivity contribution is 6.06. The van der Waals surface area contributed by atoms with E-state index < -0.39 is 0 Å². The topological polar surface area (TPSA) is 80.9 Å². The van der Waals surface area contributed by atoms with E-state index in [1.165, 1.54) is 7.11 Å². The molecule has 0 saturated heterocycles. The number of nitrogens with one attached hydrogen (secondary N) is 1. The average molecular weight is 473 g/mol. The summed E-state index contributed by atoms with van der Waals surface area (Å²) in [6, 6.07) is 19.9. The molecule has 0 atom stereocenters. The van der Waals surface area contributed by atoms with E-state index in [1.807, 2.05) is 62.4 Å². The van der Waals surface area contributed by atoms with Crippen LogP contribution in [0, 0.1) is 6.92 Å². The van der Waals surface area contributed by atoms with E-state index >= 15 is 0 Å². The van der Waals surface area contributed by atoms with Gasteiger partial charge in [0.2, 0.25) is 0 Å². The molecule has 0 saturated carbocycles. The summed E-state index contributed by atoms with van der Waals surface area (Å²) in [4.78, 5) is 31.3. The molecule has 7 heteroatoms. The highest BCUT2D eigenvalue weighted by Crippen LogP contribution is 2.30. The largest absolute Gasteiger partial charge is 0.494 e. The number of pyridine rings is 1. The minimum atomic E-state index is -0.279. The van der Waals surface area contributed by atoms with Crippen LogP contribution in [0.4, 0.5) is 5.69 Å². The molecule has 0 radical (unpaired) electrons. The maximum atomic E-state index is 13.7. The summed E-state index contributed by atoms with van der Waals surface area (Å²) in [6.45, 7) is 4.49. The van der Waals surface area contributed by atoms with Gasteiger partial charge in [-0.15, -0.1) is 0 Å². The molecule has 35 heavy (non-hydrogen) atoms. The van der Waals surface area contributed by atoms with Crippen LogP contribution < -0.4 is 24.7 Å². The lowest BCUT2D eigenvalue weighted by Gasteiger charge is -2.24.